The molecule has 0 radical (unpaired) electrons. The van der Waals surface area contributed by atoms with Crippen LogP contribution in [0.25, 0.3) is 16.6 Å². The lowest BCUT2D eigenvalue weighted by molar-refractivity contribution is -0.0247. The molecule has 5 atom stereocenters. The van der Waals surface area contributed by atoms with E-state index >= 15 is 0 Å². The van der Waals surface area contributed by atoms with Crippen LogP contribution < -0.4 is 16.3 Å². The summed E-state index contributed by atoms with van der Waals surface area (Å²) < 4.78 is 8.06. The second kappa shape index (κ2) is 11.3. The summed E-state index contributed by atoms with van der Waals surface area (Å²) in [4.78, 5) is 54.0. The number of pyridine rings is 2. The molecule has 2 aromatic heterocycles. The molecule has 3 bridgehead atoms. The molecule has 232 valence electrons. The van der Waals surface area contributed by atoms with Crippen LogP contribution in [0.2, 0.25) is 5.02 Å². The van der Waals surface area contributed by atoms with Gasteiger partial charge in [0.15, 0.2) is 5.43 Å². The molecule has 2 heterocycles. The predicted octanol–water partition coefficient (Wildman–Crippen LogP) is 4.70. The number of esters is 1. The molecule has 3 aliphatic carbocycles. The first kappa shape index (κ1) is 29.5. The van der Waals surface area contributed by atoms with Crippen LogP contribution in [0.15, 0.2) is 76.4 Å². The van der Waals surface area contributed by atoms with Crippen LogP contribution >= 0.6 is 11.6 Å². The number of aromatic nitrogens is 2. The lowest BCUT2D eigenvalue weighted by atomic mass is 9.76. The van der Waals surface area contributed by atoms with Gasteiger partial charge < -0.3 is 24.3 Å². The van der Waals surface area contributed by atoms with Gasteiger partial charge in [0.25, 0.3) is 11.5 Å². The molecule has 1 amide bonds. The van der Waals surface area contributed by atoms with Crippen LogP contribution in [0.4, 0.5) is 0 Å². The maximum absolute atomic E-state index is 13.9. The fraction of sp³-hybridized carbons (Fsp3) is 0.371. The summed E-state index contributed by atoms with van der Waals surface area (Å²) >= 11 is 6.32. The summed E-state index contributed by atoms with van der Waals surface area (Å²) in [6.07, 6.45) is 6.64. The van der Waals surface area contributed by atoms with Gasteiger partial charge >= 0.3 is 5.97 Å². The Labute approximate surface area is 264 Å². The Morgan fingerprint density at radius 2 is 1.87 bits per heavy atom. The summed E-state index contributed by atoms with van der Waals surface area (Å²) in [6, 6.07) is 16.6. The molecule has 2 N–H and O–H groups in total. The van der Waals surface area contributed by atoms with E-state index in [0.29, 0.717) is 52.2 Å². The summed E-state index contributed by atoms with van der Waals surface area (Å²) in [7, 11) is 1.24. The van der Waals surface area contributed by atoms with Gasteiger partial charge in [-0.25, -0.2) is 4.79 Å². The van der Waals surface area contributed by atoms with Crippen LogP contribution in [0.5, 0.6) is 0 Å². The summed E-state index contributed by atoms with van der Waals surface area (Å²) in [5.41, 5.74) is -0.231. The standard InChI is InChI=1S/C35H34ClN3O6/c1-45-34(43)31-27(32(41)25-8-7-23(36)16-29(25)39(31)24-5-3-2-4-6-24)19-38-12-10-21(15-30(38)40)33(42)37-28-9-11-35(44)17-20-13-22(18-35)26(28)14-20/h2-8,10,12,15-16,20,22,26,28,44H,9,11,13-14,17-19H2,1H3,(H,37,42)/t20-,22?,26+,28-,35+/m1/s1. The average Bonchev–Trinajstić information content (AvgIpc) is 3.30. The van der Waals surface area contributed by atoms with Gasteiger partial charge in [-0.15, -0.1) is 0 Å². The average molecular weight is 628 g/mol. The normalized spacial score (nSPS) is 25.2. The maximum atomic E-state index is 13.9. The highest BCUT2D eigenvalue weighted by Crippen LogP contribution is 2.55. The first-order valence-electron chi connectivity index (χ1n) is 15.4. The number of hydrogen-bond acceptors (Lipinski definition) is 6. The van der Waals surface area contributed by atoms with Crippen LogP contribution in [-0.4, -0.2) is 44.9 Å². The Morgan fingerprint density at radius 1 is 1.07 bits per heavy atom. The molecule has 0 saturated heterocycles. The maximum Gasteiger partial charge on any atom is 0.355 e. The second-order valence-electron chi connectivity index (χ2n) is 12.9. The Morgan fingerprint density at radius 3 is 2.62 bits per heavy atom. The van der Waals surface area contributed by atoms with Gasteiger partial charge in [0, 0.05) is 40.0 Å². The molecular weight excluding hydrogens is 594 g/mol. The smallest absolute Gasteiger partial charge is 0.355 e. The minimum Gasteiger partial charge on any atom is -0.464 e. The first-order valence-corrected chi connectivity index (χ1v) is 15.8. The highest BCUT2D eigenvalue weighted by molar-refractivity contribution is 6.31. The number of benzene rings is 2. The van der Waals surface area contributed by atoms with Crippen molar-refractivity contribution in [3.8, 4) is 5.69 Å². The molecule has 0 aliphatic heterocycles. The van der Waals surface area contributed by atoms with Crippen molar-refractivity contribution in [3.05, 3.63) is 109 Å². The van der Waals surface area contributed by atoms with Gasteiger partial charge in [-0.05, 0) is 92.7 Å². The molecule has 7 rings (SSSR count). The number of nitrogens with one attached hydrogen (secondary N) is 1. The summed E-state index contributed by atoms with van der Waals surface area (Å²) in [5.74, 6) is 0.184. The Bertz CT molecular complexity index is 1950. The number of halogens is 1. The number of carbonyl (C=O) groups is 2. The van der Waals surface area contributed by atoms with Crippen molar-refractivity contribution >= 4 is 34.4 Å². The lowest BCUT2D eigenvalue weighted by Crippen LogP contribution is -2.41. The molecule has 4 aromatic rings. The molecule has 10 heteroatoms. The molecule has 2 aromatic carbocycles. The number of hydrogen-bond donors (Lipinski definition) is 2. The number of carbonyl (C=O) groups excluding carboxylic acids is 2. The zero-order valence-corrected chi connectivity index (χ0v) is 25.6. The minimum absolute atomic E-state index is 0.0172. The molecule has 9 nitrogen and oxygen atoms in total. The minimum atomic E-state index is -0.743. The first-order chi connectivity index (χ1) is 21.6. The van der Waals surface area contributed by atoms with E-state index in [9.17, 15) is 24.3 Å². The van der Waals surface area contributed by atoms with Crippen molar-refractivity contribution in [1.82, 2.24) is 14.5 Å². The van der Waals surface area contributed by atoms with Crippen molar-refractivity contribution in [2.24, 2.45) is 17.8 Å². The molecule has 45 heavy (non-hydrogen) atoms. The van der Waals surface area contributed by atoms with Gasteiger partial charge in [-0.3, -0.25) is 14.4 Å². The monoisotopic (exact) mass is 627 g/mol. The van der Waals surface area contributed by atoms with Crippen molar-refractivity contribution in [1.29, 1.82) is 0 Å². The van der Waals surface area contributed by atoms with Gasteiger partial charge in [-0.2, -0.15) is 0 Å². The summed E-state index contributed by atoms with van der Waals surface area (Å²) in [6.45, 7) is -0.220. The van der Waals surface area contributed by atoms with E-state index in [2.05, 4.69) is 5.32 Å². The molecule has 3 saturated carbocycles. The third-order valence-electron chi connectivity index (χ3n) is 10.1. The zero-order valence-electron chi connectivity index (χ0n) is 24.9. The largest absolute Gasteiger partial charge is 0.464 e. The molecule has 3 fully saturated rings. The topological polar surface area (TPSA) is 120 Å². The number of rotatable bonds is 6. The van der Waals surface area contributed by atoms with Gasteiger partial charge in [-0.1, -0.05) is 29.8 Å². The number of ether oxygens (including phenoxy) is 1. The molecule has 1 unspecified atom stereocenters. The fourth-order valence-electron chi connectivity index (χ4n) is 8.21. The van der Waals surface area contributed by atoms with Crippen molar-refractivity contribution in [2.75, 3.05) is 7.11 Å². The Balaban J connectivity index is 1.23. The Kier molecular flexibility index (Phi) is 7.41. The van der Waals surface area contributed by atoms with Crippen LogP contribution in [0.3, 0.4) is 0 Å². The van der Waals surface area contributed by atoms with Crippen LogP contribution in [0, 0.1) is 17.8 Å². The fourth-order valence-corrected chi connectivity index (χ4v) is 8.38. The van der Waals surface area contributed by atoms with Gasteiger partial charge in [0.2, 0.25) is 0 Å². The van der Waals surface area contributed by atoms with Crippen molar-refractivity contribution in [3.63, 3.8) is 0 Å². The number of nitrogens with zero attached hydrogens (tertiary/aromatic N) is 2. The number of aliphatic hydroxyl groups is 1. The van der Waals surface area contributed by atoms with E-state index in [0.717, 1.165) is 25.7 Å². The van der Waals surface area contributed by atoms with E-state index in [1.165, 1.54) is 23.9 Å². The number of fused-ring (bicyclic) bond motifs is 3. The summed E-state index contributed by atoms with van der Waals surface area (Å²) in [5, 5.41) is 14.9. The SMILES string of the molecule is COC(=O)c1c(Cn2ccc(C(=O)N[C@@H]3CC[C@@]4(O)CC5C[C@H](C[C@@H]53)C4)cc2=O)c(=O)c2ccc(Cl)cc2n1-c1ccccc1. The van der Waals surface area contributed by atoms with Crippen LogP contribution in [-0.2, 0) is 11.3 Å². The van der Waals surface area contributed by atoms with Crippen LogP contribution in [0.1, 0.15) is 64.9 Å². The van der Waals surface area contributed by atoms with E-state index in [-0.39, 0.29) is 35.3 Å². The number of amides is 1. The zero-order chi connectivity index (χ0) is 31.5. The van der Waals surface area contributed by atoms with E-state index in [4.69, 9.17) is 16.3 Å². The van der Waals surface area contributed by atoms with Crippen molar-refractivity contribution in [2.45, 2.75) is 56.7 Å². The van der Waals surface area contributed by atoms with E-state index in [1.54, 1.807) is 41.0 Å². The molecular formula is C35H34ClN3O6. The highest BCUT2D eigenvalue weighted by atomic mass is 35.5. The number of methoxy groups -OCH3 is 1. The number of para-hydroxylation sites is 1. The predicted molar refractivity (Wildman–Crippen MR) is 170 cm³/mol. The quantitative estimate of drug-likeness (QED) is 0.299. The highest BCUT2D eigenvalue weighted by Gasteiger charge is 2.52. The van der Waals surface area contributed by atoms with E-state index in [1.807, 2.05) is 18.2 Å². The third kappa shape index (κ3) is 5.27. The van der Waals surface area contributed by atoms with Gasteiger partial charge in [0.1, 0.15) is 5.69 Å². The molecule has 3 aliphatic rings. The van der Waals surface area contributed by atoms with Crippen molar-refractivity contribution < 1.29 is 19.4 Å². The second-order valence-corrected chi connectivity index (χ2v) is 13.3. The van der Waals surface area contributed by atoms with E-state index < -0.39 is 22.6 Å². The molecule has 0 spiro atoms. The van der Waals surface area contributed by atoms with Gasteiger partial charge in [0.05, 0.1) is 30.3 Å². The Hall–Kier alpha value is -4.21. The third-order valence-corrected chi connectivity index (χ3v) is 10.4. The lowest BCUT2D eigenvalue weighted by Gasteiger charge is -2.35.